The number of hydrogen-bond acceptors (Lipinski definition) is 4. The fraction of sp³-hybridized carbons (Fsp3) is 0.562. The van der Waals surface area contributed by atoms with E-state index in [1.807, 2.05) is 31.2 Å². The van der Waals surface area contributed by atoms with Crippen LogP contribution in [0.15, 0.2) is 24.3 Å². The second-order valence-electron chi connectivity index (χ2n) is 5.40. The molecule has 0 aromatic heterocycles. The van der Waals surface area contributed by atoms with Crippen LogP contribution in [0.5, 0.6) is 5.75 Å². The molecule has 1 amide bonds. The van der Waals surface area contributed by atoms with E-state index in [2.05, 4.69) is 5.32 Å². The molecular weight excluding hydrogens is 268 g/mol. The van der Waals surface area contributed by atoms with E-state index in [0.29, 0.717) is 50.6 Å². The number of ether oxygens (including phenoxy) is 2. The average molecular weight is 292 g/mol. The first-order chi connectivity index (χ1) is 10.2. The summed E-state index contributed by atoms with van der Waals surface area (Å²) < 4.78 is 11.0. The van der Waals surface area contributed by atoms with Crippen LogP contribution in [0.4, 0.5) is 5.69 Å². The maximum atomic E-state index is 12.6. The highest BCUT2D eigenvalue weighted by Crippen LogP contribution is 2.32. The minimum absolute atomic E-state index is 0.0409. The second kappa shape index (κ2) is 7.43. The van der Waals surface area contributed by atoms with E-state index in [4.69, 9.17) is 15.2 Å². The van der Waals surface area contributed by atoms with Crippen LogP contribution in [0.3, 0.4) is 0 Å². The normalized spacial score (nSPS) is 17.2. The molecule has 1 saturated heterocycles. The van der Waals surface area contributed by atoms with Gasteiger partial charge in [-0.1, -0.05) is 19.1 Å². The first kappa shape index (κ1) is 15.8. The zero-order valence-corrected chi connectivity index (χ0v) is 12.6. The molecule has 0 saturated carbocycles. The molecule has 21 heavy (non-hydrogen) atoms. The van der Waals surface area contributed by atoms with Gasteiger partial charge in [-0.25, -0.2) is 0 Å². The lowest BCUT2D eigenvalue weighted by molar-refractivity contribution is -0.130. The number of nitrogens with two attached hydrogens (primary N) is 1. The molecule has 0 aliphatic carbocycles. The van der Waals surface area contributed by atoms with Crippen LogP contribution >= 0.6 is 0 Å². The Kier molecular flexibility index (Phi) is 5.59. The SMILES string of the molecule is CCCOc1ccccc1NC(=O)C1(CN)CCOCC1. The predicted molar refractivity (Wildman–Crippen MR) is 82.4 cm³/mol. The molecule has 1 aromatic carbocycles. The van der Waals surface area contributed by atoms with Crippen molar-refractivity contribution in [3.63, 3.8) is 0 Å². The maximum Gasteiger partial charge on any atom is 0.232 e. The molecule has 5 heteroatoms. The van der Waals surface area contributed by atoms with E-state index in [1.54, 1.807) is 0 Å². The van der Waals surface area contributed by atoms with Crippen molar-refractivity contribution in [1.29, 1.82) is 0 Å². The summed E-state index contributed by atoms with van der Waals surface area (Å²) in [5, 5.41) is 2.98. The van der Waals surface area contributed by atoms with Crippen LogP contribution in [0.1, 0.15) is 26.2 Å². The van der Waals surface area contributed by atoms with Crippen molar-refractivity contribution in [2.45, 2.75) is 26.2 Å². The Morgan fingerprint density at radius 2 is 2.10 bits per heavy atom. The third-order valence-electron chi connectivity index (χ3n) is 3.92. The topological polar surface area (TPSA) is 73.6 Å². The average Bonchev–Trinajstić information content (AvgIpc) is 2.54. The van der Waals surface area contributed by atoms with E-state index in [1.165, 1.54) is 0 Å². The van der Waals surface area contributed by atoms with E-state index >= 15 is 0 Å². The Labute approximate surface area is 125 Å². The van der Waals surface area contributed by atoms with Crippen molar-refractivity contribution >= 4 is 11.6 Å². The molecule has 1 aliphatic rings. The Morgan fingerprint density at radius 3 is 2.76 bits per heavy atom. The van der Waals surface area contributed by atoms with Crippen molar-refractivity contribution in [3.8, 4) is 5.75 Å². The Balaban J connectivity index is 2.11. The Hall–Kier alpha value is -1.59. The summed E-state index contributed by atoms with van der Waals surface area (Å²) in [6.45, 7) is 4.17. The number of rotatable bonds is 6. The highest BCUT2D eigenvalue weighted by atomic mass is 16.5. The summed E-state index contributed by atoms with van der Waals surface area (Å²) in [6.07, 6.45) is 2.24. The van der Waals surface area contributed by atoms with Gasteiger partial charge in [0.15, 0.2) is 0 Å². The standard InChI is InChI=1S/C16H24N2O3/c1-2-9-21-14-6-4-3-5-13(14)18-15(19)16(12-17)7-10-20-11-8-16/h3-6H,2,7-12,17H2,1H3,(H,18,19). The van der Waals surface area contributed by atoms with E-state index in [0.717, 1.165) is 6.42 Å². The van der Waals surface area contributed by atoms with Crippen LogP contribution < -0.4 is 15.8 Å². The summed E-state index contributed by atoms with van der Waals surface area (Å²) in [5.74, 6) is 0.660. The molecule has 1 aliphatic heterocycles. The number of nitrogens with one attached hydrogen (secondary N) is 1. The van der Waals surface area contributed by atoms with Crippen LogP contribution in [0.25, 0.3) is 0 Å². The smallest absolute Gasteiger partial charge is 0.232 e. The van der Waals surface area contributed by atoms with Gasteiger partial charge in [-0.3, -0.25) is 4.79 Å². The van der Waals surface area contributed by atoms with Crippen molar-refractivity contribution in [2.24, 2.45) is 11.1 Å². The highest BCUT2D eigenvalue weighted by molar-refractivity contribution is 5.96. The van der Waals surface area contributed by atoms with Crippen molar-refractivity contribution < 1.29 is 14.3 Å². The Bertz CT molecular complexity index is 470. The van der Waals surface area contributed by atoms with Gasteiger partial charge in [-0.05, 0) is 31.4 Å². The number of carbonyl (C=O) groups is 1. The lowest BCUT2D eigenvalue weighted by Crippen LogP contribution is -2.46. The van der Waals surface area contributed by atoms with Crippen molar-refractivity contribution in [2.75, 3.05) is 31.7 Å². The van der Waals surface area contributed by atoms with Gasteiger partial charge in [-0.2, -0.15) is 0 Å². The molecule has 0 bridgehead atoms. The summed E-state index contributed by atoms with van der Waals surface area (Å²) in [7, 11) is 0. The minimum atomic E-state index is -0.532. The van der Waals surface area contributed by atoms with Gasteiger partial charge in [0, 0.05) is 19.8 Å². The molecule has 0 unspecified atom stereocenters. The molecule has 0 spiro atoms. The third-order valence-corrected chi connectivity index (χ3v) is 3.92. The van der Waals surface area contributed by atoms with Gasteiger partial charge in [0.25, 0.3) is 0 Å². The lowest BCUT2D eigenvalue weighted by atomic mass is 9.79. The molecular formula is C16H24N2O3. The minimum Gasteiger partial charge on any atom is -0.491 e. The van der Waals surface area contributed by atoms with Gasteiger partial charge >= 0.3 is 0 Å². The Morgan fingerprint density at radius 1 is 1.38 bits per heavy atom. The van der Waals surface area contributed by atoms with Crippen LogP contribution in [0.2, 0.25) is 0 Å². The highest BCUT2D eigenvalue weighted by Gasteiger charge is 2.39. The number of amides is 1. The summed E-state index contributed by atoms with van der Waals surface area (Å²) in [5.41, 5.74) is 6.04. The predicted octanol–water partition coefficient (Wildman–Crippen LogP) is 2.17. The summed E-state index contributed by atoms with van der Waals surface area (Å²) >= 11 is 0. The first-order valence-electron chi connectivity index (χ1n) is 7.53. The molecule has 1 aromatic rings. The van der Waals surface area contributed by atoms with Gasteiger partial charge < -0.3 is 20.5 Å². The van der Waals surface area contributed by atoms with Gasteiger partial charge in [0.1, 0.15) is 5.75 Å². The zero-order valence-electron chi connectivity index (χ0n) is 12.6. The zero-order chi connectivity index (χ0) is 15.1. The number of para-hydroxylation sites is 2. The molecule has 1 heterocycles. The van der Waals surface area contributed by atoms with Crippen molar-refractivity contribution in [3.05, 3.63) is 24.3 Å². The summed E-state index contributed by atoms with van der Waals surface area (Å²) in [6, 6.07) is 7.50. The maximum absolute atomic E-state index is 12.6. The molecule has 116 valence electrons. The second-order valence-corrected chi connectivity index (χ2v) is 5.40. The van der Waals surface area contributed by atoms with E-state index in [-0.39, 0.29) is 5.91 Å². The molecule has 0 atom stereocenters. The van der Waals surface area contributed by atoms with E-state index < -0.39 is 5.41 Å². The molecule has 0 radical (unpaired) electrons. The first-order valence-corrected chi connectivity index (χ1v) is 7.53. The molecule has 2 rings (SSSR count). The van der Waals surface area contributed by atoms with Gasteiger partial charge in [0.05, 0.1) is 17.7 Å². The summed E-state index contributed by atoms with van der Waals surface area (Å²) in [4.78, 5) is 12.6. The van der Waals surface area contributed by atoms with E-state index in [9.17, 15) is 4.79 Å². The number of carbonyl (C=O) groups excluding carboxylic acids is 1. The fourth-order valence-electron chi connectivity index (χ4n) is 2.45. The quantitative estimate of drug-likeness (QED) is 0.842. The molecule has 3 N–H and O–H groups in total. The monoisotopic (exact) mass is 292 g/mol. The number of benzene rings is 1. The third kappa shape index (κ3) is 3.74. The largest absolute Gasteiger partial charge is 0.491 e. The molecule has 1 fully saturated rings. The van der Waals surface area contributed by atoms with Gasteiger partial charge in [-0.15, -0.1) is 0 Å². The van der Waals surface area contributed by atoms with Crippen LogP contribution in [-0.4, -0.2) is 32.3 Å². The fourth-order valence-corrected chi connectivity index (χ4v) is 2.45. The van der Waals surface area contributed by atoms with Gasteiger partial charge in [0.2, 0.25) is 5.91 Å². The molecule has 5 nitrogen and oxygen atoms in total. The number of hydrogen-bond donors (Lipinski definition) is 2. The van der Waals surface area contributed by atoms with Crippen LogP contribution in [-0.2, 0) is 9.53 Å². The lowest BCUT2D eigenvalue weighted by Gasteiger charge is -2.34. The van der Waals surface area contributed by atoms with Crippen molar-refractivity contribution in [1.82, 2.24) is 0 Å². The number of anilines is 1. The van der Waals surface area contributed by atoms with Crippen LogP contribution in [0, 0.1) is 5.41 Å².